The van der Waals surface area contributed by atoms with Gasteiger partial charge in [-0.25, -0.2) is 0 Å². The van der Waals surface area contributed by atoms with E-state index in [-0.39, 0.29) is 17.9 Å². The molecule has 0 aliphatic rings. The molecule has 0 amide bonds. The summed E-state index contributed by atoms with van der Waals surface area (Å²) >= 11 is 0. The van der Waals surface area contributed by atoms with Crippen LogP contribution in [0, 0.1) is 10.1 Å². The molecule has 2 aromatic carbocycles. The van der Waals surface area contributed by atoms with Gasteiger partial charge in [0.1, 0.15) is 11.9 Å². The van der Waals surface area contributed by atoms with Gasteiger partial charge >= 0.3 is 0 Å². The number of benzene rings is 2. The number of nitrogens with one attached hydrogen (secondary N) is 1. The molecule has 0 fully saturated rings. The van der Waals surface area contributed by atoms with Crippen LogP contribution in [-0.4, -0.2) is 29.0 Å². The maximum absolute atomic E-state index is 12.0. The largest absolute Gasteiger partial charge is 0.497 e. The third-order valence-electron chi connectivity index (χ3n) is 3.87. The second-order valence-electron chi connectivity index (χ2n) is 5.46. The normalized spacial score (nSPS) is 12.9. The lowest BCUT2D eigenvalue weighted by Gasteiger charge is -2.24. The van der Waals surface area contributed by atoms with Gasteiger partial charge in [0.2, 0.25) is 0 Å². The first-order chi connectivity index (χ1) is 12.0. The quantitative estimate of drug-likeness (QED) is 0.563. The van der Waals surface area contributed by atoms with Gasteiger partial charge in [0.05, 0.1) is 18.1 Å². The number of nitro benzene ring substituents is 1. The average molecular weight is 344 g/mol. The average Bonchev–Trinajstić information content (AvgIpc) is 2.65. The van der Waals surface area contributed by atoms with Crippen molar-refractivity contribution < 1.29 is 19.6 Å². The zero-order chi connectivity index (χ0) is 18.4. The number of non-ortho nitro benzene ring substituents is 1. The van der Waals surface area contributed by atoms with E-state index >= 15 is 0 Å². The predicted octanol–water partition coefficient (Wildman–Crippen LogP) is 3.10. The van der Waals surface area contributed by atoms with Crippen molar-refractivity contribution in [1.82, 2.24) is 0 Å². The maximum atomic E-state index is 12.0. The van der Waals surface area contributed by atoms with E-state index in [1.54, 1.807) is 38.3 Å². The Morgan fingerprint density at radius 3 is 2.28 bits per heavy atom. The number of carbonyl (C=O) groups excluding carboxylic acids is 1. The molecule has 2 N–H and O–H groups in total. The molecule has 2 aromatic rings. The molecule has 2 rings (SSSR count). The summed E-state index contributed by atoms with van der Waals surface area (Å²) in [7, 11) is 1.56. The van der Waals surface area contributed by atoms with Crippen molar-refractivity contribution in [1.29, 1.82) is 0 Å². The van der Waals surface area contributed by atoms with Crippen LogP contribution in [0.5, 0.6) is 5.75 Å². The number of hydrogen-bond acceptors (Lipinski definition) is 6. The minimum absolute atomic E-state index is 0.0525. The second kappa shape index (κ2) is 8.25. The van der Waals surface area contributed by atoms with Gasteiger partial charge in [-0.05, 0) is 29.8 Å². The Hall–Kier alpha value is -2.93. The molecule has 0 bridgehead atoms. The lowest BCUT2D eigenvalue weighted by molar-refractivity contribution is -0.384. The highest BCUT2D eigenvalue weighted by molar-refractivity contribution is 5.84. The molecule has 132 valence electrons. The van der Waals surface area contributed by atoms with Crippen molar-refractivity contribution in [3.05, 3.63) is 64.2 Å². The van der Waals surface area contributed by atoms with Crippen LogP contribution in [0.15, 0.2) is 48.5 Å². The van der Waals surface area contributed by atoms with Crippen LogP contribution in [0.4, 0.5) is 11.4 Å². The molecule has 0 saturated carbocycles. The number of aliphatic hydroxyl groups excluding tert-OH is 1. The highest BCUT2D eigenvalue weighted by Gasteiger charge is 2.27. The van der Waals surface area contributed by atoms with Crippen LogP contribution in [-0.2, 0) is 4.79 Å². The molecule has 7 nitrogen and oxygen atoms in total. The van der Waals surface area contributed by atoms with Gasteiger partial charge in [-0.1, -0.05) is 19.1 Å². The van der Waals surface area contributed by atoms with Crippen LogP contribution in [0.2, 0.25) is 0 Å². The van der Waals surface area contributed by atoms with Crippen LogP contribution in [0.3, 0.4) is 0 Å². The number of ether oxygens (including phenoxy) is 1. The molecule has 0 spiro atoms. The number of nitrogens with zero attached hydrogens (tertiary/aromatic N) is 1. The molecule has 0 aliphatic heterocycles. The molecule has 0 saturated heterocycles. The third-order valence-corrected chi connectivity index (χ3v) is 3.87. The van der Waals surface area contributed by atoms with Crippen molar-refractivity contribution >= 4 is 17.2 Å². The summed E-state index contributed by atoms with van der Waals surface area (Å²) in [5, 5.41) is 24.3. The van der Waals surface area contributed by atoms with Crippen molar-refractivity contribution in [3.63, 3.8) is 0 Å². The van der Waals surface area contributed by atoms with E-state index < -0.39 is 17.1 Å². The Morgan fingerprint density at radius 2 is 1.80 bits per heavy atom. The van der Waals surface area contributed by atoms with E-state index in [1.165, 1.54) is 24.3 Å². The number of rotatable bonds is 8. The van der Waals surface area contributed by atoms with Gasteiger partial charge in [-0.3, -0.25) is 14.9 Å². The van der Waals surface area contributed by atoms with Crippen LogP contribution < -0.4 is 10.1 Å². The van der Waals surface area contributed by atoms with Crippen molar-refractivity contribution in [2.75, 3.05) is 12.4 Å². The van der Waals surface area contributed by atoms with Crippen LogP contribution in [0.25, 0.3) is 0 Å². The lowest BCUT2D eigenvalue weighted by Crippen LogP contribution is -2.32. The summed E-state index contributed by atoms with van der Waals surface area (Å²) in [6.07, 6.45) is -1.08. The lowest BCUT2D eigenvalue weighted by atomic mass is 9.96. The number of carbonyl (C=O) groups is 1. The number of methoxy groups -OCH3 is 1. The summed E-state index contributed by atoms with van der Waals surface area (Å²) in [4.78, 5) is 22.3. The highest BCUT2D eigenvalue weighted by atomic mass is 16.6. The standard InChI is InChI=1S/C18H20N2O5/c1-3-16(21)18(22)17(12-4-8-14(9-5-12)20(23)24)19-13-6-10-15(25-2)11-7-13/h4-11,17-19,22H,3H2,1-2H3/t17-,18+/m1/s1. The number of aliphatic hydroxyl groups is 1. The molecule has 0 unspecified atom stereocenters. The minimum atomic E-state index is -1.27. The number of anilines is 1. The Labute approximate surface area is 145 Å². The first kappa shape index (κ1) is 18.4. The first-order valence-corrected chi connectivity index (χ1v) is 7.82. The zero-order valence-electron chi connectivity index (χ0n) is 14.0. The Bertz CT molecular complexity index is 728. The summed E-state index contributed by atoms with van der Waals surface area (Å²) in [5.41, 5.74) is 1.21. The number of ketones is 1. The highest BCUT2D eigenvalue weighted by Crippen LogP contribution is 2.27. The monoisotopic (exact) mass is 344 g/mol. The smallest absolute Gasteiger partial charge is 0.269 e. The van der Waals surface area contributed by atoms with Gasteiger partial charge < -0.3 is 15.2 Å². The molecule has 2 atom stereocenters. The molecule has 0 aromatic heterocycles. The Kier molecular flexibility index (Phi) is 6.08. The van der Waals surface area contributed by atoms with Gasteiger partial charge in [-0.2, -0.15) is 0 Å². The predicted molar refractivity (Wildman–Crippen MR) is 93.8 cm³/mol. The summed E-state index contributed by atoms with van der Waals surface area (Å²) < 4.78 is 5.10. The number of hydrogen-bond donors (Lipinski definition) is 2. The molecular weight excluding hydrogens is 324 g/mol. The molecule has 0 aliphatic carbocycles. The summed E-state index contributed by atoms with van der Waals surface area (Å²) in [6.45, 7) is 1.67. The Balaban J connectivity index is 2.31. The van der Waals surface area contributed by atoms with Crippen molar-refractivity contribution in [2.45, 2.75) is 25.5 Å². The van der Waals surface area contributed by atoms with E-state index in [1.807, 2.05) is 0 Å². The summed E-state index contributed by atoms with van der Waals surface area (Å²) in [6, 6.07) is 12.1. The number of Topliss-reactive ketones (excluding diaryl/α,β-unsaturated/α-hetero) is 1. The van der Waals surface area contributed by atoms with Gasteiger partial charge in [0.15, 0.2) is 5.78 Å². The molecule has 0 heterocycles. The summed E-state index contributed by atoms with van der Waals surface area (Å²) in [5.74, 6) is 0.368. The maximum Gasteiger partial charge on any atom is 0.269 e. The van der Waals surface area contributed by atoms with Gasteiger partial charge in [0.25, 0.3) is 5.69 Å². The molecule has 7 heteroatoms. The van der Waals surface area contributed by atoms with Crippen molar-refractivity contribution in [2.24, 2.45) is 0 Å². The SMILES string of the molecule is CCC(=O)[C@H](O)[C@H](Nc1ccc(OC)cc1)c1ccc([N+](=O)[O-])cc1. The number of nitro groups is 1. The fourth-order valence-corrected chi connectivity index (χ4v) is 2.41. The van der Waals surface area contributed by atoms with E-state index in [2.05, 4.69) is 5.32 Å². The minimum Gasteiger partial charge on any atom is -0.497 e. The Morgan fingerprint density at radius 1 is 1.20 bits per heavy atom. The first-order valence-electron chi connectivity index (χ1n) is 7.82. The van der Waals surface area contributed by atoms with E-state index in [4.69, 9.17) is 4.74 Å². The van der Waals surface area contributed by atoms with Gasteiger partial charge in [-0.15, -0.1) is 0 Å². The molecule has 25 heavy (non-hydrogen) atoms. The van der Waals surface area contributed by atoms with Crippen LogP contribution in [0.1, 0.15) is 24.9 Å². The van der Waals surface area contributed by atoms with E-state index in [0.717, 1.165) is 0 Å². The van der Waals surface area contributed by atoms with Gasteiger partial charge in [0, 0.05) is 24.2 Å². The molecular formula is C18H20N2O5. The molecule has 0 radical (unpaired) electrons. The third kappa shape index (κ3) is 4.54. The van der Waals surface area contributed by atoms with Crippen LogP contribution >= 0.6 is 0 Å². The van der Waals surface area contributed by atoms with E-state index in [9.17, 15) is 20.0 Å². The van der Waals surface area contributed by atoms with Crippen molar-refractivity contribution in [3.8, 4) is 5.75 Å². The fraction of sp³-hybridized carbons (Fsp3) is 0.278. The van der Waals surface area contributed by atoms with E-state index in [0.29, 0.717) is 17.0 Å². The zero-order valence-corrected chi connectivity index (χ0v) is 14.0. The second-order valence-corrected chi connectivity index (χ2v) is 5.46. The fourth-order valence-electron chi connectivity index (χ4n) is 2.41. The topological polar surface area (TPSA) is 102 Å².